The van der Waals surface area contributed by atoms with Crippen molar-refractivity contribution in [1.82, 2.24) is 10.2 Å². The minimum absolute atomic E-state index is 0.341. The van der Waals surface area contributed by atoms with Gasteiger partial charge in [-0.15, -0.1) is 0 Å². The van der Waals surface area contributed by atoms with Crippen LogP contribution in [0.25, 0.3) is 10.9 Å². The van der Waals surface area contributed by atoms with E-state index in [1.165, 1.54) is 13.2 Å². The number of halogens is 2. The average Bonchev–Trinajstić information content (AvgIpc) is 3.30. The van der Waals surface area contributed by atoms with Crippen LogP contribution in [-0.4, -0.2) is 23.3 Å². The molecule has 6 heteroatoms. The summed E-state index contributed by atoms with van der Waals surface area (Å²) in [5.74, 6) is -1.12. The highest BCUT2D eigenvalue weighted by molar-refractivity contribution is 5.85. The number of carbonyl (C=O) groups excluding carboxylic acids is 1. The van der Waals surface area contributed by atoms with Crippen LogP contribution in [0.1, 0.15) is 42.9 Å². The number of hydrogen-bond acceptors (Lipinski definition) is 3. The number of aromatic nitrogens is 2. The van der Waals surface area contributed by atoms with Crippen molar-refractivity contribution in [3.63, 3.8) is 0 Å². The van der Waals surface area contributed by atoms with Gasteiger partial charge in [0.25, 0.3) is 0 Å². The molecule has 28 heavy (non-hydrogen) atoms. The Balaban J connectivity index is 1.85. The molecule has 1 saturated carbocycles. The van der Waals surface area contributed by atoms with Crippen LogP contribution in [0.2, 0.25) is 0 Å². The molecule has 0 saturated heterocycles. The number of ether oxygens (including phenoxy) is 1. The number of esters is 1. The Morgan fingerprint density at radius 1 is 1.18 bits per heavy atom. The fraction of sp³-hybridized carbons (Fsp3) is 0.364. The van der Waals surface area contributed by atoms with Gasteiger partial charge in [0.1, 0.15) is 11.3 Å². The lowest BCUT2D eigenvalue weighted by molar-refractivity contribution is -0.147. The maximum Gasteiger partial charge on any atom is 0.316 e. The fourth-order valence-corrected chi connectivity index (χ4v) is 4.84. The Morgan fingerprint density at radius 3 is 2.71 bits per heavy atom. The summed E-state index contributed by atoms with van der Waals surface area (Å²) in [6, 6.07) is 8.35. The van der Waals surface area contributed by atoms with Crippen LogP contribution < -0.4 is 0 Å². The summed E-state index contributed by atoms with van der Waals surface area (Å²) in [6.45, 7) is 3.62. The van der Waals surface area contributed by atoms with E-state index in [4.69, 9.17) is 4.74 Å². The third kappa shape index (κ3) is 2.54. The minimum Gasteiger partial charge on any atom is -0.468 e. The lowest BCUT2D eigenvalue weighted by Gasteiger charge is -2.32. The molecule has 4 nitrogen and oxygen atoms in total. The van der Waals surface area contributed by atoms with Gasteiger partial charge in [0.05, 0.1) is 18.7 Å². The van der Waals surface area contributed by atoms with Crippen LogP contribution in [0.4, 0.5) is 8.78 Å². The first-order chi connectivity index (χ1) is 13.3. The monoisotopic (exact) mass is 384 g/mol. The second kappa shape index (κ2) is 6.40. The summed E-state index contributed by atoms with van der Waals surface area (Å²) < 4.78 is 34.6. The fourth-order valence-electron chi connectivity index (χ4n) is 4.84. The largest absolute Gasteiger partial charge is 0.468 e. The van der Waals surface area contributed by atoms with E-state index in [0.29, 0.717) is 46.9 Å². The Morgan fingerprint density at radius 2 is 1.96 bits per heavy atom. The van der Waals surface area contributed by atoms with Crippen molar-refractivity contribution < 1.29 is 18.3 Å². The van der Waals surface area contributed by atoms with Gasteiger partial charge in [-0.05, 0) is 54.4 Å². The molecule has 146 valence electrons. The van der Waals surface area contributed by atoms with Gasteiger partial charge in [0.15, 0.2) is 5.82 Å². The number of rotatable bonds is 3. The molecule has 0 aliphatic heterocycles. The number of fused-ring (bicyclic) bond motifs is 1. The first-order valence-electron chi connectivity index (χ1n) is 9.28. The number of nitrogens with zero attached hydrogens (tertiary/aromatic N) is 1. The smallest absolute Gasteiger partial charge is 0.316 e. The summed E-state index contributed by atoms with van der Waals surface area (Å²) in [7, 11) is 1.34. The van der Waals surface area contributed by atoms with Gasteiger partial charge in [0.2, 0.25) is 0 Å². The van der Waals surface area contributed by atoms with Gasteiger partial charge in [-0.25, -0.2) is 8.78 Å². The molecule has 2 atom stereocenters. The number of methoxy groups -OCH3 is 1. The van der Waals surface area contributed by atoms with Crippen LogP contribution in [-0.2, 0) is 20.4 Å². The number of benzene rings is 2. The predicted molar refractivity (Wildman–Crippen MR) is 102 cm³/mol. The van der Waals surface area contributed by atoms with Crippen LogP contribution in [0.3, 0.4) is 0 Å². The van der Waals surface area contributed by atoms with Crippen LogP contribution in [0, 0.1) is 18.6 Å². The molecule has 0 unspecified atom stereocenters. The van der Waals surface area contributed by atoms with Gasteiger partial charge in [-0.2, -0.15) is 5.10 Å². The number of hydrogen-bond donors (Lipinski definition) is 1. The Kier molecular flexibility index (Phi) is 4.25. The standard InChI is InChI=1S/C22H22F2N2O2/c1-13-15(5-4-6-17(13)23)22(20(27)28-3)10-9-21(2,12-22)16-8-7-14-11-25-26-19(14)18(16)24/h4-8,11H,9-10,12H2,1-3H3,(H,25,26)/t21-,22+/m1/s1. The lowest BCUT2D eigenvalue weighted by Crippen LogP contribution is -2.37. The maximum atomic E-state index is 15.2. The molecule has 1 aromatic heterocycles. The normalized spacial score (nSPS) is 24.6. The Hall–Kier alpha value is -2.76. The Bertz CT molecular complexity index is 1080. The SMILES string of the molecule is COC(=O)[C@@]1(c2cccc(F)c2C)CC[C@@](C)(c2ccc3cn[nH]c3c2F)C1. The predicted octanol–water partition coefficient (Wildman–Crippen LogP) is 4.70. The molecule has 0 bridgehead atoms. The van der Waals surface area contributed by atoms with Crippen molar-refractivity contribution in [1.29, 1.82) is 0 Å². The highest BCUT2D eigenvalue weighted by Gasteiger charge is 2.54. The number of H-pyrrole nitrogens is 1. The zero-order valence-electron chi connectivity index (χ0n) is 16.1. The molecule has 3 aromatic rings. The Labute approximate surface area is 161 Å². The van der Waals surface area contributed by atoms with Crippen LogP contribution >= 0.6 is 0 Å². The van der Waals surface area contributed by atoms with E-state index < -0.39 is 16.8 Å². The topological polar surface area (TPSA) is 55.0 Å². The quantitative estimate of drug-likeness (QED) is 0.666. The number of aromatic amines is 1. The van der Waals surface area contributed by atoms with Crippen molar-refractivity contribution in [3.8, 4) is 0 Å². The van der Waals surface area contributed by atoms with Crippen molar-refractivity contribution in [3.05, 3.63) is 64.9 Å². The summed E-state index contributed by atoms with van der Waals surface area (Å²) in [6.07, 6.45) is 2.96. The molecule has 0 spiro atoms. The highest BCUT2D eigenvalue weighted by atomic mass is 19.1. The molecule has 1 fully saturated rings. The second-order valence-corrected chi connectivity index (χ2v) is 7.98. The lowest BCUT2D eigenvalue weighted by atomic mass is 9.72. The van der Waals surface area contributed by atoms with Crippen LogP contribution in [0.15, 0.2) is 36.5 Å². The summed E-state index contributed by atoms with van der Waals surface area (Å²) in [4.78, 5) is 12.9. The maximum absolute atomic E-state index is 15.2. The minimum atomic E-state index is -1.01. The van der Waals surface area contributed by atoms with E-state index in [1.807, 2.05) is 13.0 Å². The van der Waals surface area contributed by atoms with Crippen molar-refractivity contribution >= 4 is 16.9 Å². The molecule has 1 aliphatic carbocycles. The van der Waals surface area contributed by atoms with Crippen molar-refractivity contribution in [2.24, 2.45) is 0 Å². The molecular formula is C22H22F2N2O2. The van der Waals surface area contributed by atoms with Crippen molar-refractivity contribution in [2.45, 2.75) is 43.9 Å². The third-order valence-electron chi connectivity index (χ3n) is 6.36. The zero-order chi connectivity index (χ0) is 20.1. The van der Waals surface area contributed by atoms with Gasteiger partial charge < -0.3 is 4.74 Å². The molecule has 1 N–H and O–H groups in total. The van der Waals surface area contributed by atoms with E-state index >= 15 is 4.39 Å². The third-order valence-corrected chi connectivity index (χ3v) is 6.36. The summed E-state index contributed by atoms with van der Waals surface area (Å²) in [5.41, 5.74) is 0.328. The van der Waals surface area contributed by atoms with Crippen LogP contribution in [0.5, 0.6) is 0 Å². The van der Waals surface area contributed by atoms with Gasteiger partial charge in [-0.1, -0.05) is 31.2 Å². The van der Waals surface area contributed by atoms with E-state index in [1.54, 1.807) is 31.3 Å². The molecule has 4 rings (SSSR count). The van der Waals surface area contributed by atoms with E-state index in [9.17, 15) is 9.18 Å². The summed E-state index contributed by atoms with van der Waals surface area (Å²) >= 11 is 0. The van der Waals surface area contributed by atoms with E-state index in [2.05, 4.69) is 10.2 Å². The van der Waals surface area contributed by atoms with E-state index in [-0.39, 0.29) is 11.6 Å². The summed E-state index contributed by atoms with van der Waals surface area (Å²) in [5, 5.41) is 7.31. The molecule has 2 aromatic carbocycles. The molecule has 1 heterocycles. The van der Waals surface area contributed by atoms with Gasteiger partial charge >= 0.3 is 5.97 Å². The zero-order valence-corrected chi connectivity index (χ0v) is 16.1. The first kappa shape index (κ1) is 18.6. The second-order valence-electron chi connectivity index (χ2n) is 7.98. The molecular weight excluding hydrogens is 362 g/mol. The molecule has 1 aliphatic rings. The van der Waals surface area contributed by atoms with Gasteiger partial charge in [-0.3, -0.25) is 9.89 Å². The van der Waals surface area contributed by atoms with Crippen molar-refractivity contribution in [2.75, 3.05) is 7.11 Å². The molecule has 0 radical (unpaired) electrons. The van der Waals surface area contributed by atoms with Gasteiger partial charge in [0, 0.05) is 5.39 Å². The highest BCUT2D eigenvalue weighted by Crippen LogP contribution is 2.54. The van der Waals surface area contributed by atoms with E-state index in [0.717, 1.165) is 0 Å². The molecule has 0 amide bonds. The number of carbonyl (C=O) groups is 1. The first-order valence-corrected chi connectivity index (χ1v) is 9.28. The number of nitrogens with one attached hydrogen (secondary N) is 1. The average molecular weight is 384 g/mol.